The molecule has 3 heterocycles. The van der Waals surface area contributed by atoms with E-state index in [1.54, 1.807) is 31.5 Å². The Hall–Kier alpha value is -1.57. The summed E-state index contributed by atoms with van der Waals surface area (Å²) in [4.78, 5) is 28.4. The molecule has 0 amide bonds. The van der Waals surface area contributed by atoms with Gasteiger partial charge in [-0.25, -0.2) is 0 Å². The first-order valence-corrected chi connectivity index (χ1v) is 11.3. The van der Waals surface area contributed by atoms with E-state index in [0.717, 1.165) is 39.8 Å². The molecule has 9 heteroatoms. The minimum absolute atomic E-state index is 0.00110. The minimum atomic E-state index is -4.38. The molecule has 6 nitrogen and oxygen atoms in total. The highest BCUT2D eigenvalue weighted by Gasteiger charge is 2.35. The molecule has 2 N–H and O–H groups in total. The number of hydrogen-bond donors (Lipinski definition) is 2. The van der Waals surface area contributed by atoms with E-state index in [0.29, 0.717) is 0 Å². The maximum atomic E-state index is 11.9. The van der Waals surface area contributed by atoms with Crippen molar-refractivity contribution in [2.75, 3.05) is 27.2 Å². The molecule has 0 bridgehead atoms. The smallest absolute Gasteiger partial charge is 0.371 e. The SMILES string of the molecule is CN(C)/C(=C/C1=C(c2csc3ccccc23)N2CCN=C2S1)P(=O)(O)O. The lowest BCUT2D eigenvalue weighted by molar-refractivity contribution is 0.363. The van der Waals surface area contributed by atoms with E-state index in [9.17, 15) is 14.4 Å². The highest BCUT2D eigenvalue weighted by Crippen LogP contribution is 2.50. The molecular formula is C17H18N3O3PS2. The van der Waals surface area contributed by atoms with Crippen LogP contribution in [0.5, 0.6) is 0 Å². The summed E-state index contributed by atoms with van der Waals surface area (Å²) in [5.41, 5.74) is 2.07. The summed E-state index contributed by atoms with van der Waals surface area (Å²) in [6.45, 7) is 1.52. The molecule has 26 heavy (non-hydrogen) atoms. The Balaban J connectivity index is 1.93. The van der Waals surface area contributed by atoms with E-state index in [1.165, 1.54) is 21.4 Å². The van der Waals surface area contributed by atoms with Crippen molar-refractivity contribution in [1.82, 2.24) is 9.80 Å². The normalized spacial score (nSPS) is 17.9. The van der Waals surface area contributed by atoms with Crippen molar-refractivity contribution in [2.45, 2.75) is 0 Å². The molecule has 136 valence electrons. The van der Waals surface area contributed by atoms with Gasteiger partial charge in [-0.05, 0) is 23.9 Å². The number of fused-ring (bicyclic) bond motifs is 2. The number of amidine groups is 1. The average Bonchev–Trinajstić information content (AvgIpc) is 3.24. The van der Waals surface area contributed by atoms with Crippen molar-refractivity contribution in [1.29, 1.82) is 0 Å². The van der Waals surface area contributed by atoms with Gasteiger partial charge in [0.1, 0.15) is 5.44 Å². The van der Waals surface area contributed by atoms with Crippen LogP contribution in [0.25, 0.3) is 15.8 Å². The van der Waals surface area contributed by atoms with Gasteiger partial charge in [0.15, 0.2) is 5.17 Å². The van der Waals surface area contributed by atoms with Crippen LogP contribution < -0.4 is 0 Å². The molecule has 0 spiro atoms. The summed E-state index contributed by atoms with van der Waals surface area (Å²) in [6, 6.07) is 8.20. The van der Waals surface area contributed by atoms with Gasteiger partial charge in [0, 0.05) is 46.6 Å². The van der Waals surface area contributed by atoms with Gasteiger partial charge in [-0.1, -0.05) is 18.2 Å². The van der Waals surface area contributed by atoms with E-state index < -0.39 is 7.60 Å². The van der Waals surface area contributed by atoms with Crippen molar-refractivity contribution in [3.8, 4) is 0 Å². The van der Waals surface area contributed by atoms with Gasteiger partial charge in [-0.15, -0.1) is 11.3 Å². The lowest BCUT2D eigenvalue weighted by atomic mass is 10.1. The highest BCUT2D eigenvalue weighted by atomic mass is 32.2. The third-order valence-electron chi connectivity index (χ3n) is 4.26. The van der Waals surface area contributed by atoms with Crippen molar-refractivity contribution in [3.63, 3.8) is 0 Å². The van der Waals surface area contributed by atoms with Gasteiger partial charge in [-0.2, -0.15) is 0 Å². The van der Waals surface area contributed by atoms with Crippen molar-refractivity contribution in [3.05, 3.63) is 51.6 Å². The Morgan fingerprint density at radius 3 is 2.85 bits per heavy atom. The number of thioether (sulfide) groups is 1. The van der Waals surface area contributed by atoms with Crippen LogP contribution in [0.4, 0.5) is 0 Å². The molecule has 4 rings (SSSR count). The molecule has 0 radical (unpaired) electrons. The lowest BCUT2D eigenvalue weighted by Gasteiger charge is -2.19. The molecule has 1 aromatic carbocycles. The van der Waals surface area contributed by atoms with Crippen molar-refractivity contribution >= 4 is 51.6 Å². The summed E-state index contributed by atoms with van der Waals surface area (Å²) < 4.78 is 13.1. The number of hydrogen-bond acceptors (Lipinski definition) is 6. The highest BCUT2D eigenvalue weighted by molar-refractivity contribution is 8.17. The van der Waals surface area contributed by atoms with Crippen LogP contribution in [0.3, 0.4) is 0 Å². The van der Waals surface area contributed by atoms with Gasteiger partial charge in [0.05, 0.1) is 12.2 Å². The monoisotopic (exact) mass is 407 g/mol. The van der Waals surface area contributed by atoms with Gasteiger partial charge >= 0.3 is 7.60 Å². The second-order valence-corrected chi connectivity index (χ2v) is 9.68. The maximum Gasteiger partial charge on any atom is 0.372 e. The number of allylic oxidation sites excluding steroid dienone is 1. The van der Waals surface area contributed by atoms with Crippen LogP contribution in [-0.4, -0.2) is 51.9 Å². The van der Waals surface area contributed by atoms with E-state index >= 15 is 0 Å². The minimum Gasteiger partial charge on any atom is -0.371 e. The zero-order valence-electron chi connectivity index (χ0n) is 14.3. The predicted molar refractivity (Wildman–Crippen MR) is 109 cm³/mol. The van der Waals surface area contributed by atoms with Gasteiger partial charge in [-0.3, -0.25) is 9.56 Å². The Morgan fingerprint density at radius 2 is 2.12 bits per heavy atom. The quantitative estimate of drug-likeness (QED) is 0.755. The maximum absolute atomic E-state index is 11.9. The summed E-state index contributed by atoms with van der Waals surface area (Å²) in [7, 11) is -1.10. The number of thiophene rings is 1. The Bertz CT molecular complexity index is 1020. The fourth-order valence-electron chi connectivity index (χ4n) is 3.13. The molecule has 0 unspecified atom stereocenters. The Morgan fingerprint density at radius 1 is 1.35 bits per heavy atom. The summed E-state index contributed by atoms with van der Waals surface area (Å²) in [6.07, 6.45) is 1.61. The van der Waals surface area contributed by atoms with Crippen molar-refractivity contribution < 1.29 is 14.4 Å². The molecule has 0 fully saturated rings. The third kappa shape index (κ3) is 3.02. The first-order chi connectivity index (χ1) is 12.4. The summed E-state index contributed by atoms with van der Waals surface area (Å²) in [5.74, 6) is 0. The van der Waals surface area contributed by atoms with Crippen LogP contribution in [0.1, 0.15) is 5.56 Å². The van der Waals surface area contributed by atoms with E-state index in [2.05, 4.69) is 27.4 Å². The van der Waals surface area contributed by atoms with Crippen LogP contribution in [0.15, 0.2) is 51.1 Å². The number of benzene rings is 1. The first-order valence-electron chi connectivity index (χ1n) is 8.02. The van der Waals surface area contributed by atoms with Gasteiger partial charge < -0.3 is 19.6 Å². The van der Waals surface area contributed by atoms with Crippen LogP contribution >= 0.6 is 30.7 Å². The summed E-state index contributed by atoms with van der Waals surface area (Å²) in [5, 5.41) is 4.16. The number of rotatable bonds is 4. The molecule has 1 aromatic heterocycles. The van der Waals surface area contributed by atoms with E-state index in [-0.39, 0.29) is 5.44 Å². The van der Waals surface area contributed by atoms with Gasteiger partial charge in [0.2, 0.25) is 0 Å². The Labute approximate surface area is 159 Å². The molecule has 2 aromatic rings. The van der Waals surface area contributed by atoms with Crippen LogP contribution in [-0.2, 0) is 4.57 Å². The third-order valence-corrected chi connectivity index (χ3v) is 7.41. The molecular weight excluding hydrogens is 389 g/mol. The second-order valence-electron chi connectivity index (χ2n) is 6.22. The molecule has 2 aliphatic heterocycles. The number of nitrogens with zero attached hydrogens (tertiary/aromatic N) is 3. The lowest BCUT2D eigenvalue weighted by Crippen LogP contribution is -2.19. The fraction of sp³-hybridized carbons (Fsp3) is 0.235. The Kier molecular flexibility index (Phi) is 4.49. The zero-order valence-corrected chi connectivity index (χ0v) is 16.8. The average molecular weight is 407 g/mol. The number of aliphatic imine (C=N–C) groups is 1. The molecule has 0 saturated heterocycles. The van der Waals surface area contributed by atoms with E-state index in [1.807, 2.05) is 12.1 Å². The van der Waals surface area contributed by atoms with Crippen LogP contribution in [0.2, 0.25) is 0 Å². The summed E-state index contributed by atoms with van der Waals surface area (Å²) >= 11 is 3.14. The molecule has 0 aliphatic carbocycles. The predicted octanol–water partition coefficient (Wildman–Crippen LogP) is 3.57. The molecule has 0 atom stereocenters. The largest absolute Gasteiger partial charge is 0.372 e. The molecule has 0 saturated carbocycles. The second kappa shape index (κ2) is 6.55. The van der Waals surface area contributed by atoms with E-state index in [4.69, 9.17) is 0 Å². The fourth-order valence-corrected chi connectivity index (χ4v) is 6.11. The standard InChI is InChI=1S/C17H18N3O3PS2/c1-19(2)15(24(21,22)23)9-14-16(20-8-7-18-17(20)26-14)12-10-25-13-6-4-3-5-11(12)13/h3-6,9-10H,7-8H2,1-2H3,(H2,21,22,23)/b15-9-. The van der Waals surface area contributed by atoms with Crippen LogP contribution in [0, 0.1) is 0 Å². The van der Waals surface area contributed by atoms with Crippen molar-refractivity contribution in [2.24, 2.45) is 4.99 Å². The molecule has 2 aliphatic rings. The van der Waals surface area contributed by atoms with Gasteiger partial charge in [0.25, 0.3) is 0 Å². The first kappa shape index (κ1) is 17.8. The zero-order chi connectivity index (χ0) is 18.5. The topological polar surface area (TPSA) is 76.4 Å².